The second kappa shape index (κ2) is 4.42. The Bertz CT molecular complexity index is 633. The van der Waals surface area contributed by atoms with Crippen LogP contribution in [0.25, 0.3) is 11.1 Å². The summed E-state index contributed by atoms with van der Waals surface area (Å²) in [5, 5.41) is 16.8. The minimum atomic E-state index is -0.913. The number of hydrogen-bond donors (Lipinski definition) is 2. The molecule has 0 aliphatic carbocycles. The SMILES string of the molecule is CC1CNc2c(-c3cccc(C(=O)O)c3)cnn2C1. The zero-order chi connectivity index (χ0) is 13.4. The number of nitrogens with zero attached hydrogens (tertiary/aromatic N) is 2. The number of aromatic nitrogens is 2. The standard InChI is InChI=1S/C14H15N3O2/c1-9-6-15-13-12(7-16-17(13)8-9)10-3-2-4-11(5-10)14(18)19/h2-5,7,9,15H,6,8H2,1H3,(H,18,19). The summed E-state index contributed by atoms with van der Waals surface area (Å²) in [6.45, 7) is 3.97. The average molecular weight is 257 g/mol. The molecule has 1 aromatic carbocycles. The highest BCUT2D eigenvalue weighted by Gasteiger charge is 2.19. The van der Waals surface area contributed by atoms with Gasteiger partial charge in [-0.15, -0.1) is 0 Å². The van der Waals surface area contributed by atoms with Gasteiger partial charge in [0.05, 0.1) is 11.8 Å². The minimum absolute atomic E-state index is 0.293. The fourth-order valence-electron chi connectivity index (χ4n) is 2.37. The van der Waals surface area contributed by atoms with Crippen molar-refractivity contribution in [3.05, 3.63) is 36.0 Å². The number of carboxylic acid groups (broad SMARTS) is 1. The summed E-state index contributed by atoms with van der Waals surface area (Å²) in [6.07, 6.45) is 1.79. The second-order valence-corrected chi connectivity index (χ2v) is 4.96. The van der Waals surface area contributed by atoms with Crippen LogP contribution in [0.2, 0.25) is 0 Å². The number of anilines is 1. The van der Waals surface area contributed by atoms with E-state index < -0.39 is 5.97 Å². The van der Waals surface area contributed by atoms with E-state index in [1.54, 1.807) is 24.4 Å². The first-order valence-electron chi connectivity index (χ1n) is 6.28. The van der Waals surface area contributed by atoms with Gasteiger partial charge < -0.3 is 10.4 Å². The van der Waals surface area contributed by atoms with Gasteiger partial charge in [-0.2, -0.15) is 5.10 Å². The van der Waals surface area contributed by atoms with Gasteiger partial charge >= 0.3 is 5.97 Å². The van der Waals surface area contributed by atoms with Gasteiger partial charge in [0.1, 0.15) is 5.82 Å². The molecule has 0 fully saturated rings. The highest BCUT2D eigenvalue weighted by atomic mass is 16.4. The Morgan fingerprint density at radius 1 is 1.53 bits per heavy atom. The molecule has 5 nitrogen and oxygen atoms in total. The molecule has 19 heavy (non-hydrogen) atoms. The molecule has 3 rings (SSSR count). The molecule has 0 saturated carbocycles. The van der Waals surface area contributed by atoms with E-state index in [4.69, 9.17) is 5.11 Å². The van der Waals surface area contributed by atoms with Gasteiger partial charge in [-0.1, -0.05) is 19.1 Å². The fourth-order valence-corrected chi connectivity index (χ4v) is 2.37. The largest absolute Gasteiger partial charge is 0.478 e. The Morgan fingerprint density at radius 3 is 3.16 bits per heavy atom. The molecule has 0 spiro atoms. The van der Waals surface area contributed by atoms with E-state index in [9.17, 15) is 4.79 Å². The van der Waals surface area contributed by atoms with Crippen molar-refractivity contribution in [2.75, 3.05) is 11.9 Å². The molecule has 0 saturated heterocycles. The molecular weight excluding hydrogens is 242 g/mol. The quantitative estimate of drug-likeness (QED) is 0.866. The van der Waals surface area contributed by atoms with Crippen molar-refractivity contribution in [1.29, 1.82) is 0 Å². The van der Waals surface area contributed by atoms with Crippen LogP contribution in [0.5, 0.6) is 0 Å². The van der Waals surface area contributed by atoms with E-state index in [0.29, 0.717) is 11.5 Å². The molecule has 2 aromatic rings. The lowest BCUT2D eigenvalue weighted by Crippen LogP contribution is -2.25. The minimum Gasteiger partial charge on any atom is -0.478 e. The third kappa shape index (κ3) is 2.07. The number of carbonyl (C=O) groups is 1. The predicted molar refractivity (Wildman–Crippen MR) is 72.3 cm³/mol. The van der Waals surface area contributed by atoms with Gasteiger partial charge in [0, 0.05) is 18.7 Å². The monoisotopic (exact) mass is 257 g/mol. The van der Waals surface area contributed by atoms with E-state index in [1.165, 1.54) is 0 Å². The van der Waals surface area contributed by atoms with Crippen LogP contribution in [0.1, 0.15) is 17.3 Å². The van der Waals surface area contributed by atoms with E-state index in [-0.39, 0.29) is 0 Å². The van der Waals surface area contributed by atoms with E-state index in [1.807, 2.05) is 10.7 Å². The lowest BCUT2D eigenvalue weighted by atomic mass is 10.0. The van der Waals surface area contributed by atoms with E-state index >= 15 is 0 Å². The van der Waals surface area contributed by atoms with Crippen LogP contribution < -0.4 is 5.32 Å². The smallest absolute Gasteiger partial charge is 0.335 e. The van der Waals surface area contributed by atoms with Crippen LogP contribution in [0.4, 0.5) is 5.82 Å². The van der Waals surface area contributed by atoms with Crippen molar-refractivity contribution in [3.63, 3.8) is 0 Å². The number of carboxylic acids is 1. The van der Waals surface area contributed by atoms with Gasteiger partial charge in [0.15, 0.2) is 0 Å². The van der Waals surface area contributed by atoms with Crippen LogP contribution in [0.3, 0.4) is 0 Å². The average Bonchev–Trinajstić information content (AvgIpc) is 2.81. The van der Waals surface area contributed by atoms with Crippen molar-refractivity contribution in [2.24, 2.45) is 5.92 Å². The molecule has 1 aliphatic rings. The summed E-state index contributed by atoms with van der Waals surface area (Å²) in [5.74, 6) is 0.607. The Morgan fingerprint density at radius 2 is 2.37 bits per heavy atom. The molecule has 98 valence electrons. The number of benzene rings is 1. The zero-order valence-corrected chi connectivity index (χ0v) is 10.6. The molecular formula is C14H15N3O2. The maximum absolute atomic E-state index is 11.0. The fraction of sp³-hybridized carbons (Fsp3) is 0.286. The van der Waals surface area contributed by atoms with Gasteiger partial charge in [-0.25, -0.2) is 9.48 Å². The first kappa shape index (κ1) is 11.8. The van der Waals surface area contributed by atoms with Gasteiger partial charge in [0.25, 0.3) is 0 Å². The molecule has 2 N–H and O–H groups in total. The molecule has 1 aliphatic heterocycles. The highest BCUT2D eigenvalue weighted by Crippen LogP contribution is 2.31. The van der Waals surface area contributed by atoms with Crippen molar-refractivity contribution < 1.29 is 9.90 Å². The molecule has 2 heterocycles. The molecule has 0 amide bonds. The molecule has 0 bridgehead atoms. The topological polar surface area (TPSA) is 67.2 Å². The first-order valence-corrected chi connectivity index (χ1v) is 6.28. The third-order valence-corrected chi connectivity index (χ3v) is 3.36. The summed E-state index contributed by atoms with van der Waals surface area (Å²) < 4.78 is 1.94. The number of rotatable bonds is 2. The Hall–Kier alpha value is -2.30. The van der Waals surface area contributed by atoms with Gasteiger partial charge in [0.2, 0.25) is 0 Å². The maximum atomic E-state index is 11.0. The lowest BCUT2D eigenvalue weighted by molar-refractivity contribution is 0.0697. The summed E-state index contributed by atoms with van der Waals surface area (Å²) in [6, 6.07) is 6.94. The van der Waals surface area contributed by atoms with Crippen LogP contribution in [-0.2, 0) is 6.54 Å². The lowest BCUT2D eigenvalue weighted by Gasteiger charge is -2.22. The summed E-state index contributed by atoms with van der Waals surface area (Å²) in [5.41, 5.74) is 2.12. The molecule has 1 atom stereocenters. The van der Waals surface area contributed by atoms with Crippen LogP contribution in [0.15, 0.2) is 30.5 Å². The summed E-state index contributed by atoms with van der Waals surface area (Å²) in [7, 11) is 0. The van der Waals surface area contributed by atoms with Crippen LogP contribution in [-0.4, -0.2) is 27.4 Å². The zero-order valence-electron chi connectivity index (χ0n) is 10.6. The first-order chi connectivity index (χ1) is 9.15. The molecule has 5 heteroatoms. The molecule has 1 unspecified atom stereocenters. The van der Waals surface area contributed by atoms with Crippen molar-refractivity contribution in [3.8, 4) is 11.1 Å². The van der Waals surface area contributed by atoms with Gasteiger partial charge in [-0.05, 0) is 23.6 Å². The van der Waals surface area contributed by atoms with E-state index in [2.05, 4.69) is 17.3 Å². The number of fused-ring (bicyclic) bond motifs is 1. The van der Waals surface area contributed by atoms with Crippen molar-refractivity contribution in [1.82, 2.24) is 9.78 Å². The Balaban J connectivity index is 2.03. The number of nitrogens with one attached hydrogen (secondary N) is 1. The van der Waals surface area contributed by atoms with Crippen molar-refractivity contribution in [2.45, 2.75) is 13.5 Å². The summed E-state index contributed by atoms with van der Waals surface area (Å²) in [4.78, 5) is 11.0. The molecule has 1 aromatic heterocycles. The molecule has 0 radical (unpaired) electrons. The van der Waals surface area contributed by atoms with Crippen LogP contribution in [0, 0.1) is 5.92 Å². The maximum Gasteiger partial charge on any atom is 0.335 e. The van der Waals surface area contributed by atoms with Crippen LogP contribution >= 0.6 is 0 Å². The second-order valence-electron chi connectivity index (χ2n) is 4.96. The van der Waals surface area contributed by atoms with E-state index in [0.717, 1.165) is 30.0 Å². The number of aromatic carboxylic acids is 1. The normalized spacial score (nSPS) is 17.6. The third-order valence-electron chi connectivity index (χ3n) is 3.36. The van der Waals surface area contributed by atoms with Crippen molar-refractivity contribution >= 4 is 11.8 Å². The Labute approximate surface area is 110 Å². The Kier molecular flexibility index (Phi) is 2.74. The number of hydrogen-bond acceptors (Lipinski definition) is 3. The highest BCUT2D eigenvalue weighted by molar-refractivity contribution is 5.90. The predicted octanol–water partition coefficient (Wildman–Crippen LogP) is 2.31. The van der Waals surface area contributed by atoms with Gasteiger partial charge in [-0.3, -0.25) is 0 Å². The summed E-state index contributed by atoms with van der Waals surface area (Å²) >= 11 is 0.